The molecule has 0 bridgehead atoms. The summed E-state index contributed by atoms with van der Waals surface area (Å²) in [5.74, 6) is -0.200. The molecule has 170 valence electrons. The van der Waals surface area contributed by atoms with Crippen molar-refractivity contribution < 1.29 is 9.18 Å². The summed E-state index contributed by atoms with van der Waals surface area (Å²) in [5, 5.41) is 7.44. The van der Waals surface area contributed by atoms with E-state index in [1.54, 1.807) is 0 Å². The number of pyridine rings is 1. The lowest BCUT2D eigenvalue weighted by molar-refractivity contribution is -0.117. The number of rotatable bonds is 7. The Hall–Kier alpha value is -3.22. The second-order valence-electron chi connectivity index (χ2n) is 8.21. The maximum Gasteiger partial charge on any atom is 0.246 e. The quantitative estimate of drug-likeness (QED) is 0.589. The van der Waals surface area contributed by atoms with Crippen LogP contribution in [-0.2, 0) is 30.6 Å². The van der Waals surface area contributed by atoms with E-state index in [-0.39, 0.29) is 25.2 Å². The van der Waals surface area contributed by atoms with Crippen molar-refractivity contribution in [3.8, 4) is 0 Å². The van der Waals surface area contributed by atoms with Gasteiger partial charge in [-0.3, -0.25) is 14.5 Å². The van der Waals surface area contributed by atoms with Crippen LogP contribution in [0.15, 0.2) is 42.7 Å². The molecule has 4 rings (SSSR count). The van der Waals surface area contributed by atoms with Crippen LogP contribution < -0.4 is 10.2 Å². The van der Waals surface area contributed by atoms with E-state index in [0.29, 0.717) is 0 Å². The van der Waals surface area contributed by atoms with Gasteiger partial charge in [-0.1, -0.05) is 19.6 Å². The highest BCUT2D eigenvalue weighted by Crippen LogP contribution is 2.33. The SMILES string of the molecule is C.Cc1nc(CCc2cnn(CCCc3ccc(F)cc3)c2)cc2c1NC(=O)[C@H](C)N2C. The van der Waals surface area contributed by atoms with Crippen LogP contribution in [0.1, 0.15) is 43.3 Å². The van der Waals surface area contributed by atoms with Crippen LogP contribution in [0.3, 0.4) is 0 Å². The zero-order valence-corrected chi connectivity index (χ0v) is 18.2. The van der Waals surface area contributed by atoms with Gasteiger partial charge >= 0.3 is 0 Å². The molecule has 1 amide bonds. The largest absolute Gasteiger partial charge is 0.361 e. The van der Waals surface area contributed by atoms with Crippen molar-refractivity contribution in [2.45, 2.75) is 59.5 Å². The van der Waals surface area contributed by atoms with Gasteiger partial charge in [0.15, 0.2) is 0 Å². The van der Waals surface area contributed by atoms with Gasteiger partial charge in [0.1, 0.15) is 11.9 Å². The molecule has 0 spiro atoms. The normalized spacial score (nSPS) is 15.2. The summed E-state index contributed by atoms with van der Waals surface area (Å²) >= 11 is 0. The van der Waals surface area contributed by atoms with Crippen LogP contribution in [-0.4, -0.2) is 33.8 Å². The first-order valence-corrected chi connectivity index (χ1v) is 10.7. The lowest BCUT2D eigenvalue weighted by Gasteiger charge is -2.34. The Kier molecular flexibility index (Phi) is 7.28. The summed E-state index contributed by atoms with van der Waals surface area (Å²) in [7, 11) is 1.95. The first-order chi connectivity index (χ1) is 14.9. The molecule has 0 unspecified atom stereocenters. The molecular weight excluding hydrogens is 405 g/mol. The lowest BCUT2D eigenvalue weighted by atomic mass is 10.1. The summed E-state index contributed by atoms with van der Waals surface area (Å²) in [5.41, 5.74) is 5.99. The van der Waals surface area contributed by atoms with Gasteiger partial charge in [-0.15, -0.1) is 0 Å². The number of benzene rings is 1. The molecule has 1 aromatic carbocycles. The maximum absolute atomic E-state index is 13.0. The second kappa shape index (κ2) is 9.94. The van der Waals surface area contributed by atoms with E-state index in [2.05, 4.69) is 22.7 Å². The van der Waals surface area contributed by atoms with Crippen LogP contribution in [0.4, 0.5) is 15.8 Å². The number of likely N-dealkylation sites (N-methyl/N-ethyl adjacent to an activating group) is 1. The molecule has 7 heteroatoms. The Bertz CT molecular complexity index is 1080. The first kappa shape index (κ1) is 23.4. The number of nitrogens with zero attached hydrogens (tertiary/aromatic N) is 4. The third-order valence-corrected chi connectivity index (χ3v) is 5.94. The smallest absolute Gasteiger partial charge is 0.246 e. The summed E-state index contributed by atoms with van der Waals surface area (Å²) in [6.07, 6.45) is 7.52. The Morgan fingerprint density at radius 1 is 1.12 bits per heavy atom. The molecule has 32 heavy (non-hydrogen) atoms. The number of hydrogen-bond donors (Lipinski definition) is 1. The number of aromatic nitrogens is 3. The van der Waals surface area contributed by atoms with Crippen molar-refractivity contribution in [1.29, 1.82) is 0 Å². The minimum Gasteiger partial charge on any atom is -0.361 e. The van der Waals surface area contributed by atoms with Crippen LogP contribution in [0.2, 0.25) is 0 Å². The van der Waals surface area contributed by atoms with Gasteiger partial charge in [-0.2, -0.15) is 5.10 Å². The van der Waals surface area contributed by atoms with Crippen molar-refractivity contribution in [3.63, 3.8) is 0 Å². The molecule has 1 N–H and O–H groups in total. The summed E-state index contributed by atoms with van der Waals surface area (Å²) < 4.78 is 15.0. The first-order valence-electron chi connectivity index (χ1n) is 10.7. The molecule has 6 nitrogen and oxygen atoms in total. The fourth-order valence-electron chi connectivity index (χ4n) is 3.92. The Morgan fingerprint density at radius 2 is 1.88 bits per heavy atom. The number of hydrogen-bond acceptors (Lipinski definition) is 4. The van der Waals surface area contributed by atoms with Gasteiger partial charge in [0.2, 0.25) is 5.91 Å². The van der Waals surface area contributed by atoms with Crippen LogP contribution >= 0.6 is 0 Å². The molecule has 1 aliphatic rings. The monoisotopic (exact) mass is 437 g/mol. The van der Waals surface area contributed by atoms with E-state index in [0.717, 1.165) is 60.6 Å². The van der Waals surface area contributed by atoms with E-state index in [1.165, 1.54) is 17.7 Å². The van der Waals surface area contributed by atoms with Gasteiger partial charge in [0.25, 0.3) is 0 Å². The Balaban J connectivity index is 0.00000289. The maximum atomic E-state index is 13.0. The van der Waals surface area contributed by atoms with E-state index < -0.39 is 0 Å². The Labute approximate surface area is 189 Å². The van der Waals surface area contributed by atoms with Gasteiger partial charge in [0.05, 0.1) is 23.3 Å². The minimum absolute atomic E-state index is 0. The molecule has 0 radical (unpaired) electrons. The fourth-order valence-corrected chi connectivity index (χ4v) is 3.92. The van der Waals surface area contributed by atoms with Crippen molar-refractivity contribution in [2.24, 2.45) is 0 Å². The molecule has 0 saturated heterocycles. The predicted molar refractivity (Wildman–Crippen MR) is 127 cm³/mol. The fraction of sp³-hybridized carbons (Fsp3) is 0.400. The molecule has 1 atom stereocenters. The highest BCUT2D eigenvalue weighted by molar-refractivity contribution is 6.03. The van der Waals surface area contributed by atoms with E-state index in [1.807, 2.05) is 48.8 Å². The van der Waals surface area contributed by atoms with Crippen LogP contribution in [0, 0.1) is 12.7 Å². The van der Waals surface area contributed by atoms with Crippen LogP contribution in [0.5, 0.6) is 0 Å². The zero-order valence-electron chi connectivity index (χ0n) is 18.2. The van der Waals surface area contributed by atoms with E-state index >= 15 is 0 Å². The summed E-state index contributed by atoms with van der Waals surface area (Å²) in [6.45, 7) is 4.67. The van der Waals surface area contributed by atoms with Gasteiger partial charge < -0.3 is 10.2 Å². The molecule has 0 aliphatic carbocycles. The predicted octanol–water partition coefficient (Wildman–Crippen LogP) is 4.56. The molecule has 3 heterocycles. The molecule has 0 fully saturated rings. The van der Waals surface area contributed by atoms with E-state index in [9.17, 15) is 9.18 Å². The highest BCUT2D eigenvalue weighted by Gasteiger charge is 2.28. The number of carbonyl (C=O) groups excluding carboxylic acids is 1. The number of carbonyl (C=O) groups is 1. The minimum atomic E-state index is -0.199. The molecule has 1 aliphatic heterocycles. The van der Waals surface area contributed by atoms with Crippen LogP contribution in [0.25, 0.3) is 0 Å². The molecule has 3 aromatic rings. The average Bonchev–Trinajstić information content (AvgIpc) is 3.21. The zero-order chi connectivity index (χ0) is 22.0. The summed E-state index contributed by atoms with van der Waals surface area (Å²) in [6, 6.07) is 8.55. The third kappa shape index (κ3) is 5.15. The number of aryl methyl sites for hydroxylation is 5. The number of halogens is 1. The van der Waals surface area contributed by atoms with Crippen molar-refractivity contribution >= 4 is 17.3 Å². The average molecular weight is 438 g/mol. The second-order valence-corrected chi connectivity index (χ2v) is 8.21. The number of amides is 1. The highest BCUT2D eigenvalue weighted by atomic mass is 19.1. The third-order valence-electron chi connectivity index (χ3n) is 5.94. The van der Waals surface area contributed by atoms with E-state index in [4.69, 9.17) is 4.98 Å². The van der Waals surface area contributed by atoms with Gasteiger partial charge in [-0.05, 0) is 68.9 Å². The van der Waals surface area contributed by atoms with Crippen molar-refractivity contribution in [1.82, 2.24) is 14.8 Å². The number of anilines is 2. The topological polar surface area (TPSA) is 63.1 Å². The van der Waals surface area contributed by atoms with Crippen molar-refractivity contribution in [3.05, 3.63) is 71.1 Å². The molecule has 2 aromatic heterocycles. The number of fused-ring (bicyclic) bond motifs is 1. The van der Waals surface area contributed by atoms with Gasteiger partial charge in [-0.25, -0.2) is 4.39 Å². The van der Waals surface area contributed by atoms with Crippen molar-refractivity contribution in [2.75, 3.05) is 17.3 Å². The number of nitrogens with one attached hydrogen (secondary N) is 1. The standard InChI is InChI=1S/C24H28FN5O.CH4/c1-16-23-22(29(3)17(2)24(31)28-23)13-21(27-16)11-8-19-14-26-30(15-19)12-4-5-18-6-9-20(25)10-7-18;/h6-7,9-10,13-15,17H,4-5,8,11-12H2,1-3H3,(H,28,31);1H4/t17-;/m0./s1. The molecule has 0 saturated carbocycles. The molecular formula is C25H32FN5O. The van der Waals surface area contributed by atoms with Gasteiger partial charge in [0, 0.05) is 25.5 Å². The lowest BCUT2D eigenvalue weighted by Crippen LogP contribution is -2.44. The summed E-state index contributed by atoms with van der Waals surface area (Å²) in [4.78, 5) is 18.8. The Morgan fingerprint density at radius 3 is 2.62 bits per heavy atom.